The van der Waals surface area contributed by atoms with Gasteiger partial charge in [-0.15, -0.1) is 0 Å². The first-order valence-electron chi connectivity index (χ1n) is 4.39. The molecule has 2 heteroatoms. The van der Waals surface area contributed by atoms with Crippen molar-refractivity contribution in [2.45, 2.75) is 13.8 Å². The van der Waals surface area contributed by atoms with E-state index in [2.05, 4.69) is 13.2 Å². The van der Waals surface area contributed by atoms with Gasteiger partial charge in [-0.3, -0.25) is 0 Å². The smallest absolute Gasteiger partial charge is 0.333 e. The van der Waals surface area contributed by atoms with Crippen LogP contribution in [0.4, 0.5) is 0 Å². The van der Waals surface area contributed by atoms with Gasteiger partial charge in [0.15, 0.2) is 0 Å². The fraction of sp³-hybridized carbons (Fsp3) is 0.250. The molecule has 14 heavy (non-hydrogen) atoms. The number of allylic oxidation sites excluding steroid dienone is 3. The zero-order chi connectivity index (χ0) is 11.0. The summed E-state index contributed by atoms with van der Waals surface area (Å²) in [7, 11) is 0. The normalized spacial score (nSPS) is 12.1. The molecule has 0 radical (unpaired) electrons. The second-order valence-electron chi connectivity index (χ2n) is 2.73. The maximum Gasteiger partial charge on any atom is 0.333 e. The number of carbonyl (C=O) groups is 1. The Hall–Kier alpha value is -1.57. The van der Waals surface area contributed by atoms with Gasteiger partial charge in [0.2, 0.25) is 0 Å². The number of rotatable bonds is 5. The van der Waals surface area contributed by atoms with Crippen LogP contribution in [0.1, 0.15) is 13.8 Å². The second kappa shape index (κ2) is 6.89. The standard InChI is InChI=1S/C12H16O2/c1-5-8-11(7-3)9-14-12(13)10(4)6-2/h5-8H,1,3,9H2,2,4H3/b10-6+,11-8+. The summed E-state index contributed by atoms with van der Waals surface area (Å²) >= 11 is 0. The molecule has 0 heterocycles. The van der Waals surface area contributed by atoms with Gasteiger partial charge in [0, 0.05) is 5.57 Å². The highest BCUT2D eigenvalue weighted by molar-refractivity contribution is 5.87. The molecule has 0 aliphatic heterocycles. The summed E-state index contributed by atoms with van der Waals surface area (Å²) in [5.41, 5.74) is 1.43. The van der Waals surface area contributed by atoms with Crippen LogP contribution in [0.3, 0.4) is 0 Å². The SMILES string of the molecule is C=C/C=C(\C=C)COC(=O)/C(C)=C/C. The molecule has 0 bridgehead atoms. The fourth-order valence-corrected chi connectivity index (χ4v) is 0.707. The summed E-state index contributed by atoms with van der Waals surface area (Å²) in [5, 5.41) is 0. The van der Waals surface area contributed by atoms with E-state index in [1.54, 1.807) is 38.2 Å². The van der Waals surface area contributed by atoms with Crippen LogP contribution in [0.25, 0.3) is 0 Å². The Morgan fingerprint density at radius 1 is 1.43 bits per heavy atom. The van der Waals surface area contributed by atoms with Crippen LogP contribution in [-0.2, 0) is 9.53 Å². The summed E-state index contributed by atoms with van der Waals surface area (Å²) in [6.07, 6.45) is 6.74. The Bertz CT molecular complexity index is 283. The molecule has 0 spiro atoms. The van der Waals surface area contributed by atoms with Crippen molar-refractivity contribution in [1.29, 1.82) is 0 Å². The Kier molecular flexibility index (Phi) is 6.12. The van der Waals surface area contributed by atoms with Crippen LogP contribution < -0.4 is 0 Å². The van der Waals surface area contributed by atoms with E-state index in [0.717, 1.165) is 5.57 Å². The molecule has 0 aromatic rings. The maximum atomic E-state index is 11.2. The third-order valence-electron chi connectivity index (χ3n) is 1.72. The Labute approximate surface area is 85.3 Å². The first-order valence-corrected chi connectivity index (χ1v) is 4.39. The highest BCUT2D eigenvalue weighted by Crippen LogP contribution is 2.01. The summed E-state index contributed by atoms with van der Waals surface area (Å²) < 4.78 is 5.01. The minimum Gasteiger partial charge on any atom is -0.457 e. The second-order valence-corrected chi connectivity index (χ2v) is 2.73. The van der Waals surface area contributed by atoms with Crippen molar-refractivity contribution in [3.8, 4) is 0 Å². The van der Waals surface area contributed by atoms with Crippen LogP contribution in [0.15, 0.2) is 48.6 Å². The van der Waals surface area contributed by atoms with Crippen LogP contribution in [0, 0.1) is 0 Å². The minimum absolute atomic E-state index is 0.236. The lowest BCUT2D eigenvalue weighted by Gasteiger charge is -2.04. The molecule has 2 nitrogen and oxygen atoms in total. The Morgan fingerprint density at radius 3 is 2.50 bits per heavy atom. The Morgan fingerprint density at radius 2 is 2.07 bits per heavy atom. The van der Waals surface area contributed by atoms with E-state index in [1.165, 1.54) is 0 Å². The van der Waals surface area contributed by atoms with E-state index in [9.17, 15) is 4.79 Å². The van der Waals surface area contributed by atoms with E-state index in [0.29, 0.717) is 5.57 Å². The van der Waals surface area contributed by atoms with Gasteiger partial charge in [-0.05, 0) is 19.4 Å². The number of hydrogen-bond acceptors (Lipinski definition) is 2. The number of ether oxygens (including phenoxy) is 1. The van der Waals surface area contributed by atoms with Crippen molar-refractivity contribution >= 4 is 5.97 Å². The first-order chi connectivity index (χ1) is 6.65. The molecule has 0 aromatic carbocycles. The predicted molar refractivity (Wildman–Crippen MR) is 58.9 cm³/mol. The zero-order valence-corrected chi connectivity index (χ0v) is 8.75. The van der Waals surface area contributed by atoms with Crippen LogP contribution >= 0.6 is 0 Å². The molecule has 0 unspecified atom stereocenters. The molecule has 0 atom stereocenters. The van der Waals surface area contributed by atoms with E-state index in [-0.39, 0.29) is 12.6 Å². The average Bonchev–Trinajstić information content (AvgIpc) is 2.22. The molecular formula is C12H16O2. The molecule has 0 fully saturated rings. The molecule has 0 aliphatic rings. The van der Waals surface area contributed by atoms with Gasteiger partial charge < -0.3 is 4.74 Å². The molecule has 0 N–H and O–H groups in total. The topological polar surface area (TPSA) is 26.3 Å². The molecule has 0 rings (SSSR count). The number of carbonyl (C=O) groups excluding carboxylic acids is 1. The molecule has 0 amide bonds. The molecule has 0 saturated carbocycles. The highest BCUT2D eigenvalue weighted by atomic mass is 16.5. The minimum atomic E-state index is -0.302. The zero-order valence-electron chi connectivity index (χ0n) is 8.75. The molecule has 0 aliphatic carbocycles. The van der Waals surface area contributed by atoms with E-state index >= 15 is 0 Å². The van der Waals surface area contributed by atoms with Gasteiger partial charge in [0.25, 0.3) is 0 Å². The van der Waals surface area contributed by atoms with Crippen molar-refractivity contribution in [2.75, 3.05) is 6.61 Å². The van der Waals surface area contributed by atoms with Crippen molar-refractivity contribution in [2.24, 2.45) is 0 Å². The van der Waals surface area contributed by atoms with Crippen molar-refractivity contribution in [3.63, 3.8) is 0 Å². The van der Waals surface area contributed by atoms with Gasteiger partial charge in [-0.2, -0.15) is 0 Å². The van der Waals surface area contributed by atoms with Crippen LogP contribution in [0.5, 0.6) is 0 Å². The quantitative estimate of drug-likeness (QED) is 0.380. The molecular weight excluding hydrogens is 176 g/mol. The maximum absolute atomic E-state index is 11.2. The van der Waals surface area contributed by atoms with Crippen molar-refractivity contribution in [3.05, 3.63) is 48.6 Å². The van der Waals surface area contributed by atoms with Gasteiger partial charge in [0.05, 0.1) is 0 Å². The third kappa shape index (κ3) is 4.45. The highest BCUT2D eigenvalue weighted by Gasteiger charge is 2.04. The summed E-state index contributed by atoms with van der Waals surface area (Å²) in [5.74, 6) is -0.302. The third-order valence-corrected chi connectivity index (χ3v) is 1.72. The number of hydrogen-bond donors (Lipinski definition) is 0. The van der Waals surface area contributed by atoms with Crippen molar-refractivity contribution in [1.82, 2.24) is 0 Å². The fourth-order valence-electron chi connectivity index (χ4n) is 0.707. The van der Waals surface area contributed by atoms with Gasteiger partial charge in [-0.1, -0.05) is 37.5 Å². The average molecular weight is 192 g/mol. The van der Waals surface area contributed by atoms with E-state index in [4.69, 9.17) is 4.74 Å². The van der Waals surface area contributed by atoms with Gasteiger partial charge in [0.1, 0.15) is 6.61 Å². The molecule has 0 saturated heterocycles. The van der Waals surface area contributed by atoms with Crippen LogP contribution in [-0.4, -0.2) is 12.6 Å². The molecule has 76 valence electrons. The lowest BCUT2D eigenvalue weighted by atomic mass is 10.2. The summed E-state index contributed by atoms with van der Waals surface area (Å²) in [6.45, 7) is 10.9. The monoisotopic (exact) mass is 192 g/mol. The lowest BCUT2D eigenvalue weighted by Crippen LogP contribution is -2.07. The number of esters is 1. The van der Waals surface area contributed by atoms with Crippen molar-refractivity contribution < 1.29 is 9.53 Å². The lowest BCUT2D eigenvalue weighted by molar-refractivity contribution is -0.137. The summed E-state index contributed by atoms with van der Waals surface area (Å²) in [4.78, 5) is 11.2. The van der Waals surface area contributed by atoms with Crippen LogP contribution in [0.2, 0.25) is 0 Å². The summed E-state index contributed by atoms with van der Waals surface area (Å²) in [6, 6.07) is 0. The Balaban J connectivity index is 4.17. The van der Waals surface area contributed by atoms with Gasteiger partial charge >= 0.3 is 5.97 Å². The van der Waals surface area contributed by atoms with E-state index in [1.807, 2.05) is 0 Å². The largest absolute Gasteiger partial charge is 0.457 e. The molecule has 0 aromatic heterocycles. The first kappa shape index (κ1) is 12.4. The van der Waals surface area contributed by atoms with Gasteiger partial charge in [-0.25, -0.2) is 4.79 Å². The van der Waals surface area contributed by atoms with E-state index < -0.39 is 0 Å². The predicted octanol–water partition coefficient (Wildman–Crippen LogP) is 2.79.